The Balaban J connectivity index is 1.77. The van der Waals surface area contributed by atoms with Crippen LogP contribution < -0.4 is 5.32 Å². The third-order valence-electron chi connectivity index (χ3n) is 4.88. The predicted molar refractivity (Wildman–Crippen MR) is 124 cm³/mol. The van der Waals surface area contributed by atoms with Crippen molar-refractivity contribution >= 4 is 44.8 Å². The first-order valence-corrected chi connectivity index (χ1v) is 10.6. The van der Waals surface area contributed by atoms with Crippen molar-refractivity contribution in [3.8, 4) is 11.1 Å². The van der Waals surface area contributed by atoms with Gasteiger partial charge in [-0.1, -0.05) is 39.7 Å². The lowest BCUT2D eigenvalue weighted by Crippen LogP contribution is -2.18. The number of amides is 1. The van der Waals surface area contributed by atoms with Gasteiger partial charge in [-0.05, 0) is 55.3 Å². The Labute approximate surface area is 192 Å². The molecule has 2 aromatic heterocycles. The molecule has 2 aromatic carbocycles. The van der Waals surface area contributed by atoms with Crippen molar-refractivity contribution in [3.05, 3.63) is 74.6 Å². The molecule has 31 heavy (non-hydrogen) atoms. The molecule has 0 aliphatic carbocycles. The van der Waals surface area contributed by atoms with Crippen molar-refractivity contribution in [1.82, 2.24) is 19.8 Å². The molecule has 7 nitrogen and oxygen atoms in total. The minimum atomic E-state index is -0.373. The number of carbonyl (C=O) groups excluding carboxylic acids is 1. The first-order chi connectivity index (χ1) is 14.9. The van der Waals surface area contributed by atoms with Crippen molar-refractivity contribution in [2.45, 2.75) is 20.5 Å². The summed E-state index contributed by atoms with van der Waals surface area (Å²) in [5.41, 5.74) is 5.30. The fourth-order valence-corrected chi connectivity index (χ4v) is 3.70. The van der Waals surface area contributed by atoms with E-state index in [0.717, 1.165) is 21.2 Å². The van der Waals surface area contributed by atoms with Gasteiger partial charge in [0.1, 0.15) is 0 Å². The van der Waals surface area contributed by atoms with Gasteiger partial charge in [0.05, 0.1) is 23.6 Å². The van der Waals surface area contributed by atoms with Crippen LogP contribution in [0.5, 0.6) is 0 Å². The summed E-state index contributed by atoms with van der Waals surface area (Å²) in [6.45, 7) is 3.97. The van der Waals surface area contributed by atoms with Gasteiger partial charge < -0.3 is 10.1 Å². The number of fused-ring (bicyclic) bond motifs is 1. The zero-order valence-electron chi connectivity index (χ0n) is 17.1. The molecule has 0 saturated heterocycles. The van der Waals surface area contributed by atoms with Gasteiger partial charge in [0.25, 0.3) is 5.91 Å². The number of nitrogens with one attached hydrogen (secondary N) is 1. The Hall–Kier alpha value is -2.81. The number of benzene rings is 2. The van der Waals surface area contributed by atoms with Gasteiger partial charge in [-0.25, -0.2) is 4.52 Å². The van der Waals surface area contributed by atoms with Gasteiger partial charge in [-0.15, -0.1) is 10.2 Å². The molecule has 4 aromatic rings. The van der Waals surface area contributed by atoms with E-state index in [1.165, 1.54) is 0 Å². The summed E-state index contributed by atoms with van der Waals surface area (Å²) in [6, 6.07) is 13.1. The number of rotatable bonds is 5. The van der Waals surface area contributed by atoms with E-state index in [0.29, 0.717) is 34.4 Å². The second-order valence-electron chi connectivity index (χ2n) is 7.05. The zero-order chi connectivity index (χ0) is 22.1. The first-order valence-electron chi connectivity index (χ1n) is 9.46. The smallest absolute Gasteiger partial charge is 0.278 e. The van der Waals surface area contributed by atoms with E-state index in [2.05, 4.69) is 36.5 Å². The lowest BCUT2D eigenvalue weighted by atomic mass is 10.1. The summed E-state index contributed by atoms with van der Waals surface area (Å²) in [5.74, 6) is -0.373. The molecule has 0 saturated carbocycles. The molecule has 1 amide bonds. The number of hydrogen-bond donors (Lipinski definition) is 1. The third kappa shape index (κ3) is 4.19. The van der Waals surface area contributed by atoms with E-state index in [-0.39, 0.29) is 11.6 Å². The van der Waals surface area contributed by atoms with Gasteiger partial charge in [-0.3, -0.25) is 4.79 Å². The molecule has 0 spiro atoms. The van der Waals surface area contributed by atoms with Crippen LogP contribution in [0.25, 0.3) is 16.8 Å². The van der Waals surface area contributed by atoms with Crippen molar-refractivity contribution < 1.29 is 9.53 Å². The third-order valence-corrected chi connectivity index (χ3v) is 5.84. The molecule has 4 rings (SSSR count). The second-order valence-corrected chi connectivity index (χ2v) is 8.37. The van der Waals surface area contributed by atoms with Crippen LogP contribution in [0, 0.1) is 13.8 Å². The summed E-state index contributed by atoms with van der Waals surface area (Å²) in [4.78, 5) is 12.9. The molecule has 0 radical (unpaired) electrons. The maximum Gasteiger partial charge on any atom is 0.278 e. The minimum Gasteiger partial charge on any atom is -0.378 e. The van der Waals surface area contributed by atoms with Gasteiger partial charge in [0.15, 0.2) is 11.3 Å². The summed E-state index contributed by atoms with van der Waals surface area (Å²) in [7, 11) is 1.61. The number of aromatic nitrogens is 4. The molecule has 2 heterocycles. The Morgan fingerprint density at radius 1 is 1.16 bits per heavy atom. The highest BCUT2D eigenvalue weighted by atomic mass is 79.9. The molecule has 9 heteroatoms. The van der Waals surface area contributed by atoms with E-state index >= 15 is 0 Å². The highest BCUT2D eigenvalue weighted by Crippen LogP contribution is 2.30. The number of hydrogen-bond acceptors (Lipinski definition) is 5. The second kappa shape index (κ2) is 8.74. The highest BCUT2D eigenvalue weighted by molar-refractivity contribution is 9.10. The molecule has 0 aliphatic rings. The lowest BCUT2D eigenvalue weighted by molar-refractivity contribution is 0.102. The largest absolute Gasteiger partial charge is 0.378 e. The van der Waals surface area contributed by atoms with Crippen molar-refractivity contribution in [2.75, 3.05) is 12.4 Å². The van der Waals surface area contributed by atoms with Crippen molar-refractivity contribution in [2.24, 2.45) is 0 Å². The van der Waals surface area contributed by atoms with Crippen LogP contribution in [-0.2, 0) is 11.3 Å². The normalized spacial score (nSPS) is 11.1. The van der Waals surface area contributed by atoms with Crippen LogP contribution in [0.1, 0.15) is 27.4 Å². The molecule has 0 atom stereocenters. The molecular weight excluding hydrogens is 482 g/mol. The molecule has 0 fully saturated rings. The maximum absolute atomic E-state index is 12.9. The molecule has 0 aliphatic heterocycles. The standard InChI is InChI=1S/C22H19BrClN5O2/c1-12-10-16(8-9-17(12)24)25-22(30)20-13(2)29-21(27-26-20)19(18(28-29)11-31-3)14-4-6-15(23)7-5-14/h4-10H,11H2,1-3H3,(H,25,30). The van der Waals surface area contributed by atoms with Crippen LogP contribution in [0.15, 0.2) is 46.9 Å². The van der Waals surface area contributed by atoms with E-state index in [4.69, 9.17) is 16.3 Å². The van der Waals surface area contributed by atoms with Gasteiger partial charge in [-0.2, -0.15) is 5.10 Å². The average molecular weight is 501 g/mol. The SMILES string of the molecule is COCc1nn2c(C)c(C(=O)Nc3ccc(Cl)c(C)c3)nnc2c1-c1ccc(Br)cc1. The van der Waals surface area contributed by atoms with E-state index < -0.39 is 0 Å². The number of ether oxygens (including phenoxy) is 1. The fraction of sp³-hybridized carbons (Fsp3) is 0.182. The molecular formula is C22H19BrClN5O2. The van der Waals surface area contributed by atoms with E-state index in [1.807, 2.05) is 31.2 Å². The fourth-order valence-electron chi connectivity index (χ4n) is 3.32. The number of aryl methyl sites for hydroxylation is 2. The quantitative estimate of drug-likeness (QED) is 0.406. The van der Waals surface area contributed by atoms with Crippen LogP contribution in [0.4, 0.5) is 5.69 Å². The Kier molecular flexibility index (Phi) is 6.04. The summed E-state index contributed by atoms with van der Waals surface area (Å²) in [6.07, 6.45) is 0. The number of nitrogens with zero attached hydrogens (tertiary/aromatic N) is 4. The van der Waals surface area contributed by atoms with Gasteiger partial charge in [0.2, 0.25) is 0 Å². The molecule has 158 valence electrons. The first kappa shape index (κ1) is 21.4. The van der Waals surface area contributed by atoms with Gasteiger partial charge in [0, 0.05) is 22.3 Å². The van der Waals surface area contributed by atoms with E-state index in [1.54, 1.807) is 36.7 Å². The van der Waals surface area contributed by atoms with Crippen LogP contribution in [0.2, 0.25) is 5.02 Å². The minimum absolute atomic E-state index is 0.189. The Morgan fingerprint density at radius 2 is 1.90 bits per heavy atom. The molecule has 0 unspecified atom stereocenters. The zero-order valence-corrected chi connectivity index (χ0v) is 19.5. The summed E-state index contributed by atoms with van der Waals surface area (Å²) < 4.78 is 7.95. The maximum atomic E-state index is 12.9. The van der Waals surface area contributed by atoms with Crippen LogP contribution >= 0.6 is 27.5 Å². The molecule has 1 N–H and O–H groups in total. The summed E-state index contributed by atoms with van der Waals surface area (Å²) >= 11 is 9.52. The number of halogens is 2. The Morgan fingerprint density at radius 3 is 2.58 bits per heavy atom. The highest BCUT2D eigenvalue weighted by Gasteiger charge is 2.22. The van der Waals surface area contributed by atoms with Crippen molar-refractivity contribution in [1.29, 1.82) is 0 Å². The van der Waals surface area contributed by atoms with Gasteiger partial charge >= 0.3 is 0 Å². The number of methoxy groups -OCH3 is 1. The van der Waals surface area contributed by atoms with E-state index in [9.17, 15) is 4.79 Å². The predicted octanol–water partition coefficient (Wildman–Crippen LogP) is 5.22. The Bertz CT molecular complexity index is 1290. The lowest BCUT2D eigenvalue weighted by Gasteiger charge is -2.09. The topological polar surface area (TPSA) is 81.4 Å². The monoisotopic (exact) mass is 499 g/mol. The van der Waals surface area contributed by atoms with Crippen LogP contribution in [-0.4, -0.2) is 32.8 Å². The van der Waals surface area contributed by atoms with Crippen LogP contribution in [0.3, 0.4) is 0 Å². The number of anilines is 1. The van der Waals surface area contributed by atoms with Crippen molar-refractivity contribution in [3.63, 3.8) is 0 Å². The average Bonchev–Trinajstić information content (AvgIpc) is 3.11. The summed E-state index contributed by atoms with van der Waals surface area (Å²) in [5, 5.41) is 16.7. The molecule has 0 bridgehead atoms. The number of carbonyl (C=O) groups is 1.